The third-order valence-electron chi connectivity index (χ3n) is 4.35. The van der Waals surface area contributed by atoms with E-state index in [9.17, 15) is 9.59 Å². The first-order valence-corrected chi connectivity index (χ1v) is 10.1. The van der Waals surface area contributed by atoms with Crippen molar-refractivity contribution < 1.29 is 14.0 Å². The van der Waals surface area contributed by atoms with Crippen LogP contribution in [0, 0.1) is 0 Å². The summed E-state index contributed by atoms with van der Waals surface area (Å²) in [4.78, 5) is 30.9. The molecule has 1 aliphatic heterocycles. The Balaban J connectivity index is 1.31. The monoisotopic (exact) mass is 387 g/mol. The maximum absolute atomic E-state index is 12.4. The molecule has 1 aliphatic rings. The van der Waals surface area contributed by atoms with Gasteiger partial charge in [0.05, 0.1) is 6.26 Å². The molecular weight excluding hydrogens is 370 g/mol. The number of thiazole rings is 1. The lowest BCUT2D eigenvalue weighted by atomic mass is 10.0. The van der Waals surface area contributed by atoms with Gasteiger partial charge in [-0.3, -0.25) is 9.59 Å². The first kappa shape index (κ1) is 17.0. The largest absolute Gasteiger partial charge is 0.459 e. The van der Waals surface area contributed by atoms with Crippen molar-refractivity contribution in [2.45, 2.75) is 18.9 Å². The molecule has 4 heterocycles. The molecule has 0 saturated carbocycles. The number of likely N-dealkylation sites (tertiary alicyclic amines) is 1. The van der Waals surface area contributed by atoms with E-state index in [1.54, 1.807) is 33.7 Å². The molecule has 3 aromatic rings. The normalized spacial score (nSPS) is 15.2. The molecule has 0 radical (unpaired) electrons. The van der Waals surface area contributed by atoms with E-state index in [-0.39, 0.29) is 17.9 Å². The molecule has 1 N–H and O–H groups in total. The Kier molecular flexibility index (Phi) is 4.85. The zero-order valence-electron chi connectivity index (χ0n) is 13.9. The number of nitrogens with zero attached hydrogens (tertiary/aromatic N) is 2. The first-order valence-electron chi connectivity index (χ1n) is 8.32. The molecule has 1 fully saturated rings. The lowest BCUT2D eigenvalue weighted by Crippen LogP contribution is -2.46. The average molecular weight is 387 g/mol. The van der Waals surface area contributed by atoms with Crippen LogP contribution in [0.4, 0.5) is 0 Å². The lowest BCUT2D eigenvalue weighted by Gasteiger charge is -2.31. The van der Waals surface area contributed by atoms with Crippen LogP contribution in [0.2, 0.25) is 0 Å². The molecule has 1 saturated heterocycles. The van der Waals surface area contributed by atoms with Gasteiger partial charge in [-0.15, -0.1) is 11.3 Å². The van der Waals surface area contributed by atoms with E-state index in [0.717, 1.165) is 23.4 Å². The number of amides is 2. The molecule has 3 aromatic heterocycles. The Morgan fingerprint density at radius 3 is 2.77 bits per heavy atom. The SMILES string of the molecule is O=C(NC1CCN(C(=O)c2ccco2)CC1)c1csc(-c2ccsc2)n1. The van der Waals surface area contributed by atoms with Gasteiger partial charge in [-0.1, -0.05) is 0 Å². The van der Waals surface area contributed by atoms with Gasteiger partial charge in [0.2, 0.25) is 0 Å². The smallest absolute Gasteiger partial charge is 0.289 e. The fourth-order valence-electron chi connectivity index (χ4n) is 2.94. The second kappa shape index (κ2) is 7.43. The van der Waals surface area contributed by atoms with E-state index in [1.807, 2.05) is 16.8 Å². The van der Waals surface area contributed by atoms with E-state index in [2.05, 4.69) is 10.3 Å². The summed E-state index contributed by atoms with van der Waals surface area (Å²) < 4.78 is 5.16. The molecule has 0 atom stereocenters. The standard InChI is InChI=1S/C18H17N3O3S2/c22-16(14-11-26-17(20-14)12-5-9-25-10-12)19-13-3-6-21(7-4-13)18(23)15-2-1-8-24-15/h1-2,5,8-11,13H,3-4,6-7H2,(H,19,22). The van der Waals surface area contributed by atoms with E-state index in [0.29, 0.717) is 24.5 Å². The Morgan fingerprint density at radius 1 is 1.23 bits per heavy atom. The molecule has 26 heavy (non-hydrogen) atoms. The van der Waals surface area contributed by atoms with E-state index >= 15 is 0 Å². The van der Waals surface area contributed by atoms with Crippen LogP contribution in [-0.2, 0) is 0 Å². The molecular formula is C18H17N3O3S2. The van der Waals surface area contributed by atoms with Gasteiger partial charge < -0.3 is 14.6 Å². The minimum atomic E-state index is -0.154. The summed E-state index contributed by atoms with van der Waals surface area (Å²) in [6, 6.07) is 5.42. The van der Waals surface area contributed by atoms with Gasteiger partial charge in [0.25, 0.3) is 11.8 Å². The molecule has 0 bridgehead atoms. The summed E-state index contributed by atoms with van der Waals surface area (Å²) in [5.41, 5.74) is 1.49. The number of carbonyl (C=O) groups excluding carboxylic acids is 2. The Hall–Kier alpha value is -2.45. The molecule has 0 aromatic carbocycles. The van der Waals surface area contributed by atoms with Crippen LogP contribution in [-0.4, -0.2) is 40.8 Å². The second-order valence-corrected chi connectivity index (χ2v) is 7.71. The van der Waals surface area contributed by atoms with Crippen molar-refractivity contribution in [3.05, 3.63) is 52.1 Å². The lowest BCUT2D eigenvalue weighted by molar-refractivity contribution is 0.0667. The number of hydrogen-bond acceptors (Lipinski definition) is 6. The van der Waals surface area contributed by atoms with E-state index in [4.69, 9.17) is 4.42 Å². The van der Waals surface area contributed by atoms with Crippen molar-refractivity contribution in [3.8, 4) is 10.6 Å². The van der Waals surface area contributed by atoms with Crippen molar-refractivity contribution in [3.63, 3.8) is 0 Å². The molecule has 6 nitrogen and oxygen atoms in total. The van der Waals surface area contributed by atoms with E-state index < -0.39 is 0 Å². The quantitative estimate of drug-likeness (QED) is 0.743. The summed E-state index contributed by atoms with van der Waals surface area (Å²) in [5.74, 6) is 0.106. The van der Waals surface area contributed by atoms with Crippen molar-refractivity contribution in [1.29, 1.82) is 0 Å². The van der Waals surface area contributed by atoms with Crippen LogP contribution in [0.5, 0.6) is 0 Å². The van der Waals surface area contributed by atoms with Crippen LogP contribution in [0.1, 0.15) is 33.9 Å². The number of nitrogens with one attached hydrogen (secondary N) is 1. The molecule has 0 spiro atoms. The van der Waals surface area contributed by atoms with Crippen LogP contribution in [0.15, 0.2) is 45.0 Å². The van der Waals surface area contributed by atoms with Gasteiger partial charge in [0.15, 0.2) is 5.76 Å². The van der Waals surface area contributed by atoms with Crippen LogP contribution < -0.4 is 5.32 Å². The highest BCUT2D eigenvalue weighted by Gasteiger charge is 2.26. The zero-order chi connectivity index (χ0) is 17.9. The highest BCUT2D eigenvalue weighted by Crippen LogP contribution is 2.25. The van der Waals surface area contributed by atoms with Crippen molar-refractivity contribution in [1.82, 2.24) is 15.2 Å². The van der Waals surface area contributed by atoms with Crippen molar-refractivity contribution >= 4 is 34.5 Å². The highest BCUT2D eigenvalue weighted by atomic mass is 32.1. The Labute approximate surface area is 158 Å². The minimum Gasteiger partial charge on any atom is -0.459 e. The maximum atomic E-state index is 12.4. The zero-order valence-corrected chi connectivity index (χ0v) is 15.5. The molecule has 4 rings (SSSR count). The van der Waals surface area contributed by atoms with Crippen molar-refractivity contribution in [2.75, 3.05) is 13.1 Å². The predicted molar refractivity (Wildman–Crippen MR) is 101 cm³/mol. The van der Waals surface area contributed by atoms with E-state index in [1.165, 1.54) is 17.6 Å². The third-order valence-corrected chi connectivity index (χ3v) is 5.93. The summed E-state index contributed by atoms with van der Waals surface area (Å²) in [5, 5.41) is 9.70. The molecule has 134 valence electrons. The van der Waals surface area contributed by atoms with Crippen LogP contribution in [0.25, 0.3) is 10.6 Å². The predicted octanol–water partition coefficient (Wildman–Crippen LogP) is 3.50. The van der Waals surface area contributed by atoms with Gasteiger partial charge in [-0.25, -0.2) is 4.98 Å². The topological polar surface area (TPSA) is 75.4 Å². The third kappa shape index (κ3) is 3.56. The van der Waals surface area contributed by atoms with Gasteiger partial charge in [-0.05, 0) is 36.4 Å². The maximum Gasteiger partial charge on any atom is 0.289 e. The average Bonchev–Trinajstić information content (AvgIpc) is 3.43. The fourth-order valence-corrected chi connectivity index (χ4v) is 4.45. The highest BCUT2D eigenvalue weighted by molar-refractivity contribution is 7.14. The number of carbonyl (C=O) groups is 2. The number of thiophene rings is 1. The summed E-state index contributed by atoms with van der Waals surface area (Å²) >= 11 is 3.08. The summed E-state index contributed by atoms with van der Waals surface area (Å²) in [7, 11) is 0. The van der Waals surface area contributed by atoms with Gasteiger partial charge in [0.1, 0.15) is 10.7 Å². The number of furan rings is 1. The molecule has 8 heteroatoms. The van der Waals surface area contributed by atoms with Crippen LogP contribution in [0.3, 0.4) is 0 Å². The first-order chi connectivity index (χ1) is 12.7. The van der Waals surface area contributed by atoms with Gasteiger partial charge in [0, 0.05) is 35.5 Å². The second-order valence-electron chi connectivity index (χ2n) is 6.07. The fraction of sp³-hybridized carbons (Fsp3) is 0.278. The molecule has 0 unspecified atom stereocenters. The number of rotatable bonds is 4. The van der Waals surface area contributed by atoms with Crippen molar-refractivity contribution in [2.24, 2.45) is 0 Å². The Bertz CT molecular complexity index is 879. The van der Waals surface area contributed by atoms with Gasteiger partial charge >= 0.3 is 0 Å². The number of aromatic nitrogens is 1. The van der Waals surface area contributed by atoms with Gasteiger partial charge in [-0.2, -0.15) is 11.3 Å². The number of hydrogen-bond donors (Lipinski definition) is 1. The molecule has 2 amide bonds. The number of piperidine rings is 1. The Morgan fingerprint density at radius 2 is 2.08 bits per heavy atom. The minimum absolute atomic E-state index is 0.0504. The molecule has 0 aliphatic carbocycles. The summed E-state index contributed by atoms with van der Waals surface area (Å²) in [6.07, 6.45) is 2.94. The summed E-state index contributed by atoms with van der Waals surface area (Å²) in [6.45, 7) is 1.20. The van der Waals surface area contributed by atoms with Crippen LogP contribution >= 0.6 is 22.7 Å².